The van der Waals surface area contributed by atoms with Crippen LogP contribution in [0.1, 0.15) is 11.3 Å². The molecule has 0 unspecified atom stereocenters. The van der Waals surface area contributed by atoms with Crippen LogP contribution in [0.5, 0.6) is 5.75 Å². The number of pyridine rings is 1. The standard InChI is InChI=1S/C21H17F3N4O/c22-21(23,24)14-29-18-10-9-17(25-12-18)8-5-15-3-6-16(7-4-15)19-13-27-28-20(19)2-1-11-26-28/h1-4,6-7,9-13H,5,8,14H2. The third kappa shape index (κ3) is 4.71. The van der Waals surface area contributed by atoms with E-state index in [1.54, 1.807) is 23.1 Å². The van der Waals surface area contributed by atoms with Crippen LogP contribution in [0.2, 0.25) is 0 Å². The highest BCUT2D eigenvalue weighted by Gasteiger charge is 2.28. The van der Waals surface area contributed by atoms with Gasteiger partial charge < -0.3 is 4.74 Å². The summed E-state index contributed by atoms with van der Waals surface area (Å²) in [5.41, 5.74) is 4.95. The van der Waals surface area contributed by atoms with Crippen LogP contribution in [0.4, 0.5) is 13.2 Å². The van der Waals surface area contributed by atoms with Gasteiger partial charge in [-0.3, -0.25) is 4.98 Å². The number of nitrogens with zero attached hydrogens (tertiary/aromatic N) is 4. The van der Waals surface area contributed by atoms with Gasteiger partial charge in [0.05, 0.1) is 17.9 Å². The van der Waals surface area contributed by atoms with E-state index in [4.69, 9.17) is 0 Å². The predicted octanol–water partition coefficient (Wildman–Crippen LogP) is 4.52. The maximum atomic E-state index is 12.2. The van der Waals surface area contributed by atoms with E-state index in [1.165, 1.54) is 12.3 Å². The minimum atomic E-state index is -4.36. The Balaban J connectivity index is 1.37. The second kappa shape index (κ2) is 7.90. The van der Waals surface area contributed by atoms with Gasteiger partial charge in [0.15, 0.2) is 6.61 Å². The third-order valence-electron chi connectivity index (χ3n) is 4.44. The number of ether oxygens (including phenoxy) is 1. The number of benzene rings is 1. The van der Waals surface area contributed by atoms with Crippen molar-refractivity contribution in [1.82, 2.24) is 19.8 Å². The first kappa shape index (κ1) is 18.9. The molecular weight excluding hydrogens is 381 g/mol. The summed E-state index contributed by atoms with van der Waals surface area (Å²) in [6.07, 6.45) is 1.90. The lowest BCUT2D eigenvalue weighted by Gasteiger charge is -2.09. The van der Waals surface area contributed by atoms with Gasteiger partial charge in [-0.15, -0.1) is 0 Å². The van der Waals surface area contributed by atoms with Crippen molar-refractivity contribution in [2.75, 3.05) is 6.61 Å². The summed E-state index contributed by atoms with van der Waals surface area (Å²) in [7, 11) is 0. The predicted molar refractivity (Wildman–Crippen MR) is 102 cm³/mol. The van der Waals surface area contributed by atoms with Crippen LogP contribution >= 0.6 is 0 Å². The number of alkyl halides is 3. The van der Waals surface area contributed by atoms with Crippen LogP contribution in [0.3, 0.4) is 0 Å². The molecule has 3 aromatic heterocycles. The van der Waals surface area contributed by atoms with E-state index in [9.17, 15) is 13.2 Å². The topological polar surface area (TPSA) is 52.3 Å². The molecule has 0 aliphatic heterocycles. The van der Waals surface area contributed by atoms with E-state index in [1.807, 2.05) is 24.3 Å². The summed E-state index contributed by atoms with van der Waals surface area (Å²) >= 11 is 0. The summed E-state index contributed by atoms with van der Waals surface area (Å²) < 4.78 is 42.8. The number of aryl methyl sites for hydroxylation is 2. The summed E-state index contributed by atoms with van der Waals surface area (Å²) in [4.78, 5) is 4.18. The average molecular weight is 398 g/mol. The molecule has 1 aromatic carbocycles. The highest BCUT2D eigenvalue weighted by molar-refractivity contribution is 5.79. The summed E-state index contributed by atoms with van der Waals surface area (Å²) in [6.45, 7) is -1.32. The summed E-state index contributed by atoms with van der Waals surface area (Å²) in [5.74, 6) is 0.110. The minimum Gasteiger partial charge on any atom is -0.483 e. The van der Waals surface area contributed by atoms with E-state index in [0.29, 0.717) is 6.42 Å². The first-order chi connectivity index (χ1) is 14.0. The van der Waals surface area contributed by atoms with Gasteiger partial charge in [0.25, 0.3) is 0 Å². The monoisotopic (exact) mass is 398 g/mol. The van der Waals surface area contributed by atoms with E-state index in [2.05, 4.69) is 32.1 Å². The van der Waals surface area contributed by atoms with E-state index >= 15 is 0 Å². The van der Waals surface area contributed by atoms with Crippen LogP contribution in [-0.4, -0.2) is 32.6 Å². The SMILES string of the molecule is FC(F)(F)COc1ccc(CCc2ccc(-c3cnn4ncccc34)cc2)nc1. The molecule has 4 rings (SSSR count). The van der Waals surface area contributed by atoms with Crippen LogP contribution in [-0.2, 0) is 12.8 Å². The molecule has 0 fully saturated rings. The molecule has 3 heterocycles. The number of halogens is 3. The molecule has 0 amide bonds. The highest BCUT2D eigenvalue weighted by Crippen LogP contribution is 2.24. The van der Waals surface area contributed by atoms with Crippen molar-refractivity contribution in [3.05, 3.63) is 78.4 Å². The zero-order valence-electron chi connectivity index (χ0n) is 15.3. The van der Waals surface area contributed by atoms with E-state index < -0.39 is 12.8 Å². The molecule has 0 bridgehead atoms. The molecule has 148 valence electrons. The van der Waals surface area contributed by atoms with Gasteiger partial charge in [0, 0.05) is 17.5 Å². The maximum Gasteiger partial charge on any atom is 0.422 e. The Kier molecular flexibility index (Phi) is 5.16. The van der Waals surface area contributed by atoms with Gasteiger partial charge in [-0.25, -0.2) is 0 Å². The first-order valence-corrected chi connectivity index (χ1v) is 9.01. The third-order valence-corrected chi connectivity index (χ3v) is 4.44. The van der Waals surface area contributed by atoms with Gasteiger partial charge in [0.1, 0.15) is 5.75 Å². The van der Waals surface area contributed by atoms with Crippen LogP contribution in [0, 0.1) is 0 Å². The van der Waals surface area contributed by atoms with E-state index in [0.717, 1.165) is 34.3 Å². The van der Waals surface area contributed by atoms with Crippen molar-refractivity contribution >= 4 is 5.52 Å². The molecule has 0 radical (unpaired) electrons. The van der Waals surface area contributed by atoms with Gasteiger partial charge in [-0.2, -0.15) is 28.0 Å². The number of hydrogen-bond acceptors (Lipinski definition) is 4. The Morgan fingerprint density at radius 2 is 1.72 bits per heavy atom. The van der Waals surface area contributed by atoms with Crippen LogP contribution in [0.25, 0.3) is 16.6 Å². The number of rotatable bonds is 6. The lowest BCUT2D eigenvalue weighted by atomic mass is 10.0. The van der Waals surface area contributed by atoms with Gasteiger partial charge >= 0.3 is 6.18 Å². The van der Waals surface area contributed by atoms with Crippen molar-refractivity contribution in [3.8, 4) is 16.9 Å². The molecule has 0 saturated heterocycles. The fraction of sp³-hybridized carbons (Fsp3) is 0.190. The summed E-state index contributed by atoms with van der Waals surface area (Å²) in [5, 5.41) is 8.42. The fourth-order valence-electron chi connectivity index (χ4n) is 2.99. The van der Waals surface area contributed by atoms with Crippen molar-refractivity contribution in [2.45, 2.75) is 19.0 Å². The molecule has 5 nitrogen and oxygen atoms in total. The van der Waals surface area contributed by atoms with Crippen LogP contribution in [0.15, 0.2) is 67.1 Å². The Bertz CT molecular complexity index is 1090. The molecule has 0 atom stereocenters. The molecule has 8 heteroatoms. The first-order valence-electron chi connectivity index (χ1n) is 9.01. The quantitative estimate of drug-likeness (QED) is 0.479. The molecule has 0 N–H and O–H groups in total. The highest BCUT2D eigenvalue weighted by atomic mass is 19.4. The number of fused-ring (bicyclic) bond motifs is 1. The number of hydrogen-bond donors (Lipinski definition) is 0. The number of aromatic nitrogens is 4. The van der Waals surface area contributed by atoms with Crippen molar-refractivity contribution < 1.29 is 17.9 Å². The zero-order chi connectivity index (χ0) is 20.3. The van der Waals surface area contributed by atoms with Crippen molar-refractivity contribution in [1.29, 1.82) is 0 Å². The van der Waals surface area contributed by atoms with Crippen molar-refractivity contribution in [3.63, 3.8) is 0 Å². The molecule has 0 saturated carbocycles. The molecule has 0 aliphatic carbocycles. The Morgan fingerprint density at radius 1 is 0.897 bits per heavy atom. The molecule has 0 spiro atoms. The van der Waals surface area contributed by atoms with E-state index in [-0.39, 0.29) is 5.75 Å². The van der Waals surface area contributed by atoms with Gasteiger partial charge in [-0.05, 0) is 48.2 Å². The van der Waals surface area contributed by atoms with Crippen molar-refractivity contribution in [2.24, 2.45) is 0 Å². The second-order valence-electron chi connectivity index (χ2n) is 6.54. The normalized spacial score (nSPS) is 11.7. The minimum absolute atomic E-state index is 0.110. The Labute approximate surface area is 164 Å². The lowest BCUT2D eigenvalue weighted by Crippen LogP contribution is -2.19. The average Bonchev–Trinajstić information content (AvgIpc) is 3.15. The molecule has 29 heavy (non-hydrogen) atoms. The molecule has 4 aromatic rings. The Hall–Kier alpha value is -3.42. The summed E-state index contributed by atoms with van der Waals surface area (Å²) in [6, 6.07) is 15.2. The smallest absolute Gasteiger partial charge is 0.422 e. The second-order valence-corrected chi connectivity index (χ2v) is 6.54. The Morgan fingerprint density at radius 3 is 2.45 bits per heavy atom. The van der Waals surface area contributed by atoms with Crippen LogP contribution < -0.4 is 4.74 Å². The van der Waals surface area contributed by atoms with Gasteiger partial charge in [-0.1, -0.05) is 24.3 Å². The largest absolute Gasteiger partial charge is 0.483 e. The lowest BCUT2D eigenvalue weighted by molar-refractivity contribution is -0.153. The van der Waals surface area contributed by atoms with Gasteiger partial charge in [0.2, 0.25) is 0 Å². The fourth-order valence-corrected chi connectivity index (χ4v) is 2.99. The molecule has 0 aliphatic rings. The maximum absolute atomic E-state index is 12.2. The molecular formula is C21H17F3N4O. The zero-order valence-corrected chi connectivity index (χ0v) is 15.3.